The van der Waals surface area contributed by atoms with Crippen LogP contribution in [0.15, 0.2) is 41.2 Å². The molecule has 2 aliphatic rings. The van der Waals surface area contributed by atoms with Gasteiger partial charge < -0.3 is 4.74 Å². The van der Waals surface area contributed by atoms with Crippen LogP contribution in [-0.4, -0.2) is 11.6 Å². The van der Waals surface area contributed by atoms with Gasteiger partial charge in [0, 0.05) is 12.1 Å². The van der Waals surface area contributed by atoms with Gasteiger partial charge in [0.2, 0.25) is 5.43 Å². The first-order valence-corrected chi connectivity index (χ1v) is 7.06. The SMILES string of the molecule is CCCOc1cc2nc3ccccc3sc-2cc1=O. The summed E-state index contributed by atoms with van der Waals surface area (Å²) >= 11 is 1.58. The van der Waals surface area contributed by atoms with Crippen molar-refractivity contribution < 1.29 is 4.74 Å². The summed E-state index contributed by atoms with van der Waals surface area (Å²) in [7, 11) is 0. The first-order chi connectivity index (χ1) is 9.28. The highest BCUT2D eigenvalue weighted by molar-refractivity contribution is 7.21. The Kier molecular flexibility index (Phi) is 3.17. The van der Waals surface area contributed by atoms with Gasteiger partial charge in [-0.2, -0.15) is 0 Å². The molecule has 1 aliphatic carbocycles. The maximum atomic E-state index is 11.9. The Morgan fingerprint density at radius 1 is 1.26 bits per heavy atom. The van der Waals surface area contributed by atoms with E-state index in [1.807, 2.05) is 31.2 Å². The predicted octanol–water partition coefficient (Wildman–Crippen LogP) is 3.55. The van der Waals surface area contributed by atoms with Gasteiger partial charge in [-0.25, -0.2) is 4.98 Å². The van der Waals surface area contributed by atoms with Gasteiger partial charge in [-0.3, -0.25) is 4.79 Å². The molecule has 1 aromatic rings. The first-order valence-electron chi connectivity index (χ1n) is 6.24. The molecule has 0 saturated heterocycles. The van der Waals surface area contributed by atoms with Crippen LogP contribution >= 0.6 is 11.3 Å². The maximum absolute atomic E-state index is 11.9. The lowest BCUT2D eigenvalue weighted by Crippen LogP contribution is -2.08. The van der Waals surface area contributed by atoms with E-state index in [0.717, 1.165) is 27.2 Å². The smallest absolute Gasteiger partial charge is 0.221 e. The minimum Gasteiger partial charge on any atom is -0.489 e. The van der Waals surface area contributed by atoms with Crippen molar-refractivity contribution in [3.63, 3.8) is 0 Å². The number of rotatable bonds is 3. The number of para-hydroxylation sites is 1. The van der Waals surface area contributed by atoms with Crippen LogP contribution < -0.4 is 10.2 Å². The Morgan fingerprint density at radius 3 is 2.95 bits per heavy atom. The topological polar surface area (TPSA) is 39.2 Å². The zero-order valence-electron chi connectivity index (χ0n) is 10.6. The fourth-order valence-corrected chi connectivity index (χ4v) is 2.89. The lowest BCUT2D eigenvalue weighted by Gasteiger charge is -2.08. The number of benzene rings is 2. The van der Waals surface area contributed by atoms with E-state index < -0.39 is 0 Å². The predicted molar refractivity (Wildman–Crippen MR) is 78.3 cm³/mol. The molecule has 3 rings (SSSR count). The average Bonchev–Trinajstić information content (AvgIpc) is 2.43. The van der Waals surface area contributed by atoms with E-state index in [2.05, 4.69) is 4.98 Å². The van der Waals surface area contributed by atoms with Crippen molar-refractivity contribution >= 4 is 21.6 Å². The molecule has 0 saturated carbocycles. The second-order valence-corrected chi connectivity index (χ2v) is 5.38. The van der Waals surface area contributed by atoms with E-state index in [-0.39, 0.29) is 5.43 Å². The minimum absolute atomic E-state index is 0.0747. The fraction of sp³-hybridized carbons (Fsp3) is 0.200. The highest BCUT2D eigenvalue weighted by atomic mass is 32.1. The molecule has 0 amide bonds. The molecular weight excluding hydrogens is 258 g/mol. The van der Waals surface area contributed by atoms with Gasteiger partial charge in [0.1, 0.15) is 0 Å². The van der Waals surface area contributed by atoms with Crippen molar-refractivity contribution in [2.24, 2.45) is 0 Å². The van der Waals surface area contributed by atoms with Crippen molar-refractivity contribution in [3.8, 4) is 16.3 Å². The molecule has 0 spiro atoms. The highest BCUT2D eigenvalue weighted by Gasteiger charge is 2.11. The molecule has 96 valence electrons. The summed E-state index contributed by atoms with van der Waals surface area (Å²) in [6, 6.07) is 11.3. The number of hydrogen-bond donors (Lipinski definition) is 0. The van der Waals surface area contributed by atoms with Crippen LogP contribution in [0, 0.1) is 0 Å². The molecule has 0 fully saturated rings. The largest absolute Gasteiger partial charge is 0.489 e. The van der Waals surface area contributed by atoms with Crippen LogP contribution in [-0.2, 0) is 0 Å². The van der Waals surface area contributed by atoms with Gasteiger partial charge in [-0.15, -0.1) is 11.3 Å². The summed E-state index contributed by atoms with van der Waals surface area (Å²) < 4.78 is 6.54. The summed E-state index contributed by atoms with van der Waals surface area (Å²) in [5, 5.41) is 0. The fourth-order valence-electron chi connectivity index (χ4n) is 1.91. The lowest BCUT2D eigenvalue weighted by atomic mass is 10.2. The molecule has 4 heteroatoms. The molecule has 0 radical (unpaired) electrons. The third-order valence-corrected chi connectivity index (χ3v) is 3.93. The Morgan fingerprint density at radius 2 is 2.11 bits per heavy atom. The van der Waals surface area contributed by atoms with E-state index in [4.69, 9.17) is 4.74 Å². The molecule has 19 heavy (non-hydrogen) atoms. The molecule has 3 nitrogen and oxygen atoms in total. The molecule has 1 aromatic carbocycles. The molecule has 1 heterocycles. The van der Waals surface area contributed by atoms with E-state index >= 15 is 0 Å². The van der Waals surface area contributed by atoms with Crippen molar-refractivity contribution in [1.82, 2.24) is 4.98 Å². The van der Waals surface area contributed by atoms with E-state index in [1.54, 1.807) is 23.5 Å². The Bertz CT molecular complexity index is 751. The van der Waals surface area contributed by atoms with Crippen LogP contribution in [0.25, 0.3) is 20.8 Å². The van der Waals surface area contributed by atoms with E-state index in [0.29, 0.717) is 12.4 Å². The van der Waals surface area contributed by atoms with Crippen LogP contribution in [0.1, 0.15) is 13.3 Å². The van der Waals surface area contributed by atoms with Crippen LogP contribution in [0.3, 0.4) is 0 Å². The standard InChI is InChI=1S/C15H13NO2S/c1-2-7-18-13-8-11-15(9-12(13)17)19-14-6-4-3-5-10(14)16-11/h3-6,8-9H,2,7H2,1H3. The summed E-state index contributed by atoms with van der Waals surface area (Å²) in [6.45, 7) is 2.57. The maximum Gasteiger partial charge on any atom is 0.221 e. The third-order valence-electron chi connectivity index (χ3n) is 2.81. The van der Waals surface area contributed by atoms with Crippen LogP contribution in [0.2, 0.25) is 0 Å². The summed E-state index contributed by atoms with van der Waals surface area (Å²) in [4.78, 5) is 17.4. The average molecular weight is 271 g/mol. The van der Waals surface area contributed by atoms with Gasteiger partial charge in [-0.1, -0.05) is 19.1 Å². The molecule has 1 aliphatic heterocycles. The monoisotopic (exact) mass is 271 g/mol. The zero-order valence-corrected chi connectivity index (χ0v) is 11.4. The summed E-state index contributed by atoms with van der Waals surface area (Å²) in [5.74, 6) is 0.393. The number of nitrogens with zero attached hydrogens (tertiary/aromatic N) is 1. The van der Waals surface area contributed by atoms with Crippen LogP contribution in [0.4, 0.5) is 0 Å². The number of fused-ring (bicyclic) bond motifs is 2. The zero-order chi connectivity index (χ0) is 13.2. The Labute approximate surface area is 114 Å². The van der Waals surface area contributed by atoms with Gasteiger partial charge in [0.15, 0.2) is 5.75 Å². The number of aromatic nitrogens is 1. The van der Waals surface area contributed by atoms with Crippen molar-refractivity contribution in [3.05, 3.63) is 46.6 Å². The highest BCUT2D eigenvalue weighted by Crippen LogP contribution is 2.31. The van der Waals surface area contributed by atoms with E-state index in [9.17, 15) is 4.79 Å². The van der Waals surface area contributed by atoms with Crippen LogP contribution in [0.5, 0.6) is 5.75 Å². The normalized spacial score (nSPS) is 11.0. The molecular formula is C15H13NO2S. The summed E-state index contributed by atoms with van der Waals surface area (Å²) in [5.41, 5.74) is 1.68. The third kappa shape index (κ3) is 2.31. The number of ether oxygens (including phenoxy) is 1. The summed E-state index contributed by atoms with van der Waals surface area (Å²) in [6.07, 6.45) is 0.880. The van der Waals surface area contributed by atoms with Gasteiger partial charge in [0.05, 0.1) is 27.4 Å². The van der Waals surface area contributed by atoms with Gasteiger partial charge >= 0.3 is 0 Å². The van der Waals surface area contributed by atoms with Gasteiger partial charge in [-0.05, 0) is 18.6 Å². The first kappa shape index (κ1) is 12.1. The molecule has 0 bridgehead atoms. The second-order valence-electron chi connectivity index (χ2n) is 4.30. The Balaban J connectivity index is 2.19. The molecule has 0 unspecified atom stereocenters. The van der Waals surface area contributed by atoms with Crippen molar-refractivity contribution in [2.75, 3.05) is 6.61 Å². The number of hydrogen-bond acceptors (Lipinski definition) is 4. The Hall–Kier alpha value is -1.94. The lowest BCUT2D eigenvalue weighted by molar-refractivity contribution is 0.315. The molecule has 0 aromatic heterocycles. The molecule has 0 atom stereocenters. The van der Waals surface area contributed by atoms with E-state index in [1.165, 1.54) is 0 Å². The van der Waals surface area contributed by atoms with Crippen molar-refractivity contribution in [1.29, 1.82) is 0 Å². The van der Waals surface area contributed by atoms with Gasteiger partial charge in [0.25, 0.3) is 0 Å². The second kappa shape index (κ2) is 4.97. The molecule has 0 N–H and O–H groups in total. The van der Waals surface area contributed by atoms with Crippen molar-refractivity contribution in [2.45, 2.75) is 13.3 Å². The quantitative estimate of drug-likeness (QED) is 0.684. The minimum atomic E-state index is -0.0747.